The van der Waals surface area contributed by atoms with Gasteiger partial charge >= 0.3 is 0 Å². The Hall–Kier alpha value is -3.05. The van der Waals surface area contributed by atoms with Crippen molar-refractivity contribution in [2.75, 3.05) is 13.1 Å². The van der Waals surface area contributed by atoms with E-state index in [4.69, 9.17) is 4.98 Å². The maximum atomic E-state index is 13.2. The standard InChI is InChI=1S/C26H23N5O2S3/c32-36(33,30-15-6-7-16-30)21-12-8-9-19(17-21)25-28-29-26(31(25)20-10-2-1-3-11-20)34-18-24-27-22-13-4-5-14-23(22)35-24/h1-5,8-14,17H,6-7,15-16,18H2. The molecule has 0 atom stereocenters. The van der Waals surface area contributed by atoms with E-state index in [0.29, 0.717) is 30.2 Å². The van der Waals surface area contributed by atoms with E-state index in [0.717, 1.165) is 38.9 Å². The maximum absolute atomic E-state index is 13.2. The Morgan fingerprint density at radius 3 is 2.47 bits per heavy atom. The molecule has 1 aliphatic rings. The van der Waals surface area contributed by atoms with Gasteiger partial charge in [0.15, 0.2) is 11.0 Å². The summed E-state index contributed by atoms with van der Waals surface area (Å²) in [4.78, 5) is 5.03. The lowest BCUT2D eigenvalue weighted by atomic mass is 10.2. The fourth-order valence-electron chi connectivity index (χ4n) is 4.34. The van der Waals surface area contributed by atoms with E-state index in [1.165, 1.54) is 0 Å². The molecular formula is C26H23N5O2S3. The van der Waals surface area contributed by atoms with Crippen LogP contribution in [0.2, 0.25) is 0 Å². The highest BCUT2D eigenvalue weighted by Crippen LogP contribution is 2.33. The van der Waals surface area contributed by atoms with E-state index in [2.05, 4.69) is 16.3 Å². The molecule has 5 aromatic rings. The van der Waals surface area contributed by atoms with Crippen molar-refractivity contribution < 1.29 is 8.42 Å². The van der Waals surface area contributed by atoms with Gasteiger partial charge in [-0.15, -0.1) is 21.5 Å². The second-order valence-corrected chi connectivity index (χ2v) is 12.5. The lowest BCUT2D eigenvalue weighted by molar-refractivity contribution is 0.477. The Balaban J connectivity index is 1.37. The van der Waals surface area contributed by atoms with Crippen molar-refractivity contribution in [3.05, 3.63) is 83.9 Å². The molecule has 1 saturated heterocycles. The molecule has 7 nitrogen and oxygen atoms in total. The molecular weight excluding hydrogens is 511 g/mol. The second-order valence-electron chi connectivity index (χ2n) is 8.48. The minimum absolute atomic E-state index is 0.285. The largest absolute Gasteiger partial charge is 0.270 e. The molecule has 3 heterocycles. The van der Waals surface area contributed by atoms with Crippen LogP contribution in [0.15, 0.2) is 88.9 Å². The Labute approximate surface area is 217 Å². The third kappa shape index (κ3) is 4.45. The summed E-state index contributed by atoms with van der Waals surface area (Å²) in [5, 5.41) is 10.7. The van der Waals surface area contributed by atoms with Crippen LogP contribution < -0.4 is 0 Å². The van der Waals surface area contributed by atoms with E-state index < -0.39 is 10.0 Å². The molecule has 3 aromatic carbocycles. The monoisotopic (exact) mass is 533 g/mol. The highest BCUT2D eigenvalue weighted by molar-refractivity contribution is 7.98. The van der Waals surface area contributed by atoms with E-state index in [-0.39, 0.29) is 4.90 Å². The average Bonchev–Trinajstić information content (AvgIpc) is 3.68. The zero-order chi connectivity index (χ0) is 24.5. The van der Waals surface area contributed by atoms with Gasteiger partial charge in [-0.2, -0.15) is 4.31 Å². The van der Waals surface area contributed by atoms with Crippen LogP contribution in [0.25, 0.3) is 27.3 Å². The van der Waals surface area contributed by atoms with Crippen molar-refractivity contribution >= 4 is 43.3 Å². The number of aromatic nitrogens is 4. The number of rotatable bonds is 7. The summed E-state index contributed by atoms with van der Waals surface area (Å²) in [5.74, 6) is 1.26. The quantitative estimate of drug-likeness (QED) is 0.253. The molecule has 0 N–H and O–H groups in total. The Bertz CT molecular complexity index is 1590. The number of benzene rings is 3. The van der Waals surface area contributed by atoms with Gasteiger partial charge in [-0.3, -0.25) is 4.57 Å². The van der Waals surface area contributed by atoms with Crippen molar-refractivity contribution in [1.82, 2.24) is 24.1 Å². The van der Waals surface area contributed by atoms with Crippen LogP contribution in [0.5, 0.6) is 0 Å². The van der Waals surface area contributed by atoms with E-state index >= 15 is 0 Å². The number of nitrogens with zero attached hydrogens (tertiary/aromatic N) is 5. The normalized spacial score (nSPS) is 14.6. The lowest BCUT2D eigenvalue weighted by Gasteiger charge is -2.16. The summed E-state index contributed by atoms with van der Waals surface area (Å²) in [7, 11) is -3.54. The number of thioether (sulfide) groups is 1. The molecule has 182 valence electrons. The molecule has 0 bridgehead atoms. The summed E-state index contributed by atoms with van der Waals surface area (Å²) in [6.45, 7) is 1.14. The van der Waals surface area contributed by atoms with Gasteiger partial charge in [-0.05, 0) is 49.2 Å². The van der Waals surface area contributed by atoms with Gasteiger partial charge in [0.05, 0.1) is 20.9 Å². The topological polar surface area (TPSA) is 81.0 Å². The number of sulfonamides is 1. The molecule has 0 unspecified atom stereocenters. The molecule has 1 aliphatic heterocycles. The van der Waals surface area contributed by atoms with Crippen molar-refractivity contribution in [1.29, 1.82) is 0 Å². The predicted octanol–water partition coefficient (Wildman–Crippen LogP) is 5.62. The molecule has 10 heteroatoms. The molecule has 0 spiro atoms. The molecule has 0 amide bonds. The summed E-state index contributed by atoms with van der Waals surface area (Å²) in [6, 6.07) is 25.0. The predicted molar refractivity (Wildman–Crippen MR) is 144 cm³/mol. The molecule has 2 aromatic heterocycles. The van der Waals surface area contributed by atoms with Gasteiger partial charge in [-0.1, -0.05) is 54.2 Å². The third-order valence-corrected chi connectivity index (χ3v) is 10.2. The SMILES string of the molecule is O=S(=O)(c1cccc(-c2nnc(SCc3nc4ccccc4s3)n2-c2ccccc2)c1)N1CCCC1. The van der Waals surface area contributed by atoms with Gasteiger partial charge in [0.2, 0.25) is 10.0 Å². The number of fused-ring (bicyclic) bond motifs is 1. The first kappa shape index (κ1) is 23.4. The zero-order valence-electron chi connectivity index (χ0n) is 19.3. The number of para-hydroxylation sites is 2. The number of thiazole rings is 1. The average molecular weight is 534 g/mol. The molecule has 1 fully saturated rings. The Morgan fingerprint density at radius 2 is 1.67 bits per heavy atom. The van der Waals surface area contributed by atoms with Crippen LogP contribution in [-0.2, 0) is 15.8 Å². The van der Waals surface area contributed by atoms with Crippen LogP contribution >= 0.6 is 23.1 Å². The molecule has 6 rings (SSSR count). The van der Waals surface area contributed by atoms with E-state index in [1.807, 2.05) is 59.2 Å². The van der Waals surface area contributed by atoms with Crippen LogP contribution in [0, 0.1) is 0 Å². The summed E-state index contributed by atoms with van der Waals surface area (Å²) in [5.41, 5.74) is 2.62. The van der Waals surface area contributed by atoms with E-state index in [1.54, 1.807) is 45.6 Å². The summed E-state index contributed by atoms with van der Waals surface area (Å²) < 4.78 is 31.1. The Kier molecular flexibility index (Phi) is 6.34. The van der Waals surface area contributed by atoms with Crippen molar-refractivity contribution in [2.45, 2.75) is 28.6 Å². The lowest BCUT2D eigenvalue weighted by Crippen LogP contribution is -2.27. The van der Waals surface area contributed by atoms with Gasteiger partial charge in [0.25, 0.3) is 0 Å². The van der Waals surface area contributed by atoms with E-state index in [9.17, 15) is 8.42 Å². The van der Waals surface area contributed by atoms with Crippen LogP contribution in [0.3, 0.4) is 0 Å². The van der Waals surface area contributed by atoms with Gasteiger partial charge in [-0.25, -0.2) is 13.4 Å². The fourth-order valence-corrected chi connectivity index (χ4v) is 7.82. The van der Waals surface area contributed by atoms with Gasteiger partial charge < -0.3 is 0 Å². The minimum Gasteiger partial charge on any atom is -0.270 e. The van der Waals surface area contributed by atoms with Crippen molar-refractivity contribution in [2.24, 2.45) is 0 Å². The minimum atomic E-state index is -3.54. The number of hydrogen-bond donors (Lipinski definition) is 0. The molecule has 36 heavy (non-hydrogen) atoms. The number of hydrogen-bond acceptors (Lipinski definition) is 7. The second kappa shape index (κ2) is 9.78. The first-order chi connectivity index (χ1) is 17.6. The molecule has 0 saturated carbocycles. The van der Waals surface area contributed by atoms with Gasteiger partial charge in [0, 0.05) is 24.3 Å². The van der Waals surface area contributed by atoms with Crippen LogP contribution in [-0.4, -0.2) is 45.6 Å². The zero-order valence-corrected chi connectivity index (χ0v) is 21.8. The maximum Gasteiger partial charge on any atom is 0.243 e. The smallest absolute Gasteiger partial charge is 0.243 e. The fraction of sp³-hybridized carbons (Fsp3) is 0.192. The highest BCUT2D eigenvalue weighted by atomic mass is 32.2. The molecule has 0 radical (unpaired) electrons. The molecule has 0 aliphatic carbocycles. The third-order valence-electron chi connectivity index (χ3n) is 6.11. The first-order valence-electron chi connectivity index (χ1n) is 11.7. The first-order valence-corrected chi connectivity index (χ1v) is 14.9. The van der Waals surface area contributed by atoms with Crippen LogP contribution in [0.1, 0.15) is 17.8 Å². The summed E-state index contributed by atoms with van der Waals surface area (Å²) >= 11 is 3.24. The van der Waals surface area contributed by atoms with Crippen molar-refractivity contribution in [3.63, 3.8) is 0 Å². The summed E-state index contributed by atoms with van der Waals surface area (Å²) in [6.07, 6.45) is 1.80. The Morgan fingerprint density at radius 1 is 0.889 bits per heavy atom. The van der Waals surface area contributed by atoms with Crippen LogP contribution in [0.4, 0.5) is 0 Å². The van der Waals surface area contributed by atoms with Crippen molar-refractivity contribution in [3.8, 4) is 17.1 Å². The van der Waals surface area contributed by atoms with Gasteiger partial charge in [0.1, 0.15) is 5.01 Å². The highest BCUT2D eigenvalue weighted by Gasteiger charge is 2.28.